The summed E-state index contributed by atoms with van der Waals surface area (Å²) >= 11 is 5.55. The van der Waals surface area contributed by atoms with E-state index < -0.39 is 25.4 Å². The lowest BCUT2D eigenvalue weighted by Crippen LogP contribution is -2.49. The fourth-order valence-electron chi connectivity index (χ4n) is 0.945. The predicted octanol–water partition coefficient (Wildman–Crippen LogP) is -0.742. The second kappa shape index (κ2) is 5.22. The number of hydrogen-bond acceptors (Lipinski definition) is 6. The van der Waals surface area contributed by atoms with E-state index in [0.29, 0.717) is 5.82 Å². The molecular weight excluding hydrogens is 222 g/mol. The highest BCUT2D eigenvalue weighted by atomic mass is 35.5. The largest absolute Gasteiger partial charge is 0.394 e. The van der Waals surface area contributed by atoms with Crippen molar-refractivity contribution in [3.8, 4) is 0 Å². The summed E-state index contributed by atoms with van der Waals surface area (Å²) in [6.45, 7) is -1.29. The number of halogens is 1. The molecule has 0 saturated carbocycles. The van der Waals surface area contributed by atoms with Gasteiger partial charge in [0.05, 0.1) is 19.8 Å². The van der Waals surface area contributed by atoms with E-state index >= 15 is 0 Å². The van der Waals surface area contributed by atoms with Gasteiger partial charge in [-0.05, 0) is 17.7 Å². The number of anilines is 1. The Kier molecular flexibility index (Phi) is 4.22. The van der Waals surface area contributed by atoms with Gasteiger partial charge in [-0.3, -0.25) is 0 Å². The van der Waals surface area contributed by atoms with E-state index in [4.69, 9.17) is 26.9 Å². The van der Waals surface area contributed by atoms with Crippen molar-refractivity contribution in [2.45, 2.75) is 5.54 Å². The molecule has 7 heteroatoms. The van der Waals surface area contributed by atoms with Gasteiger partial charge in [-0.15, -0.1) is 0 Å². The molecule has 4 N–H and O–H groups in total. The summed E-state index contributed by atoms with van der Waals surface area (Å²) in [5, 5.41) is 29.9. The van der Waals surface area contributed by atoms with Crippen molar-refractivity contribution in [1.82, 2.24) is 9.97 Å². The van der Waals surface area contributed by atoms with E-state index in [0.717, 1.165) is 0 Å². The summed E-state index contributed by atoms with van der Waals surface area (Å²) in [5.74, 6) is 0.326. The van der Waals surface area contributed by atoms with Crippen molar-refractivity contribution in [2.24, 2.45) is 0 Å². The number of nitrogens with one attached hydrogen (secondary N) is 1. The van der Waals surface area contributed by atoms with Gasteiger partial charge in [0.1, 0.15) is 11.4 Å². The number of rotatable bonds is 5. The molecule has 0 saturated heterocycles. The van der Waals surface area contributed by atoms with E-state index in [9.17, 15) is 0 Å². The van der Waals surface area contributed by atoms with E-state index in [1.807, 2.05) is 0 Å². The minimum Gasteiger partial charge on any atom is -0.394 e. The first-order valence-electron chi connectivity index (χ1n) is 4.25. The normalized spacial score (nSPS) is 11.5. The Morgan fingerprint density at radius 2 is 1.87 bits per heavy atom. The summed E-state index contributed by atoms with van der Waals surface area (Å²) in [7, 11) is 0. The molecule has 15 heavy (non-hydrogen) atoms. The smallest absolute Gasteiger partial charge is 0.224 e. The van der Waals surface area contributed by atoms with Gasteiger partial charge in [0, 0.05) is 6.20 Å². The van der Waals surface area contributed by atoms with Gasteiger partial charge in [-0.2, -0.15) is 0 Å². The molecule has 0 bridgehead atoms. The SMILES string of the molecule is OCC(CO)(CO)Nc1ccnc(Cl)n1. The first-order valence-corrected chi connectivity index (χ1v) is 4.63. The van der Waals surface area contributed by atoms with Crippen LogP contribution in [0.15, 0.2) is 12.3 Å². The van der Waals surface area contributed by atoms with Crippen LogP contribution in [0.5, 0.6) is 0 Å². The predicted molar refractivity (Wildman–Crippen MR) is 54.7 cm³/mol. The Morgan fingerprint density at radius 1 is 1.27 bits per heavy atom. The average molecular weight is 234 g/mol. The standard InChI is InChI=1S/C8H12ClN3O3/c9-7-10-2-1-6(11-7)12-8(3-13,4-14)5-15/h1-2,13-15H,3-5H2,(H,10,11,12). The molecule has 1 aromatic heterocycles. The quantitative estimate of drug-likeness (QED) is 0.500. The highest BCUT2D eigenvalue weighted by Gasteiger charge is 2.28. The Labute approximate surface area is 91.6 Å². The van der Waals surface area contributed by atoms with Crippen LogP contribution in [0.4, 0.5) is 5.82 Å². The van der Waals surface area contributed by atoms with Gasteiger partial charge >= 0.3 is 0 Å². The average Bonchev–Trinajstić information content (AvgIpc) is 2.26. The van der Waals surface area contributed by atoms with E-state index in [1.54, 1.807) is 0 Å². The van der Waals surface area contributed by atoms with Crippen molar-refractivity contribution in [1.29, 1.82) is 0 Å². The Bertz CT molecular complexity index is 311. The zero-order valence-corrected chi connectivity index (χ0v) is 8.65. The van der Waals surface area contributed by atoms with Crippen molar-refractivity contribution in [3.05, 3.63) is 17.5 Å². The van der Waals surface area contributed by atoms with Crippen LogP contribution >= 0.6 is 11.6 Å². The lowest BCUT2D eigenvalue weighted by Gasteiger charge is -2.29. The number of aliphatic hydroxyl groups is 3. The molecule has 0 aliphatic rings. The second-order valence-corrected chi connectivity index (χ2v) is 3.43. The number of nitrogens with zero attached hydrogens (tertiary/aromatic N) is 2. The lowest BCUT2D eigenvalue weighted by molar-refractivity contribution is 0.0831. The van der Waals surface area contributed by atoms with Crippen LogP contribution in [0.2, 0.25) is 5.28 Å². The summed E-state index contributed by atoms with van der Waals surface area (Å²) in [4.78, 5) is 7.49. The molecule has 0 spiro atoms. The molecule has 1 aromatic rings. The maximum atomic E-state index is 9.05. The van der Waals surface area contributed by atoms with Gasteiger partial charge in [0.15, 0.2) is 0 Å². The third-order valence-corrected chi connectivity index (χ3v) is 2.11. The fraction of sp³-hybridized carbons (Fsp3) is 0.500. The molecule has 84 valence electrons. The molecule has 0 aliphatic carbocycles. The first-order chi connectivity index (χ1) is 7.15. The van der Waals surface area contributed by atoms with E-state index in [2.05, 4.69) is 15.3 Å². The van der Waals surface area contributed by atoms with Crippen LogP contribution in [0, 0.1) is 0 Å². The molecule has 1 heterocycles. The molecule has 0 unspecified atom stereocenters. The molecule has 0 radical (unpaired) electrons. The highest BCUT2D eigenvalue weighted by molar-refractivity contribution is 6.28. The molecule has 0 fully saturated rings. The molecule has 0 aromatic carbocycles. The second-order valence-electron chi connectivity index (χ2n) is 3.09. The zero-order chi connectivity index (χ0) is 11.3. The van der Waals surface area contributed by atoms with Gasteiger partial charge in [-0.1, -0.05) is 0 Å². The van der Waals surface area contributed by atoms with Gasteiger partial charge in [0.25, 0.3) is 0 Å². The summed E-state index contributed by atoms with van der Waals surface area (Å²) < 4.78 is 0. The van der Waals surface area contributed by atoms with E-state index in [1.165, 1.54) is 12.3 Å². The van der Waals surface area contributed by atoms with Crippen LogP contribution in [-0.4, -0.2) is 50.6 Å². The van der Waals surface area contributed by atoms with Crippen LogP contribution < -0.4 is 5.32 Å². The summed E-state index contributed by atoms with van der Waals surface area (Å²) in [5.41, 5.74) is -1.21. The molecule has 6 nitrogen and oxygen atoms in total. The lowest BCUT2D eigenvalue weighted by atomic mass is 10.0. The van der Waals surface area contributed by atoms with Gasteiger partial charge < -0.3 is 20.6 Å². The van der Waals surface area contributed by atoms with Crippen LogP contribution in [0.1, 0.15) is 0 Å². The molecule has 0 aliphatic heterocycles. The maximum Gasteiger partial charge on any atom is 0.224 e. The van der Waals surface area contributed by atoms with Crippen molar-refractivity contribution in [3.63, 3.8) is 0 Å². The maximum absolute atomic E-state index is 9.05. The van der Waals surface area contributed by atoms with Crippen molar-refractivity contribution in [2.75, 3.05) is 25.1 Å². The zero-order valence-electron chi connectivity index (χ0n) is 7.89. The van der Waals surface area contributed by atoms with E-state index in [-0.39, 0.29) is 5.28 Å². The van der Waals surface area contributed by atoms with Crippen molar-refractivity contribution >= 4 is 17.4 Å². The summed E-state index contributed by atoms with van der Waals surface area (Å²) in [6.07, 6.45) is 1.43. The highest BCUT2D eigenvalue weighted by Crippen LogP contribution is 2.13. The molecular formula is C8H12ClN3O3. The Morgan fingerprint density at radius 3 is 2.33 bits per heavy atom. The Balaban J connectivity index is 2.82. The number of aromatic nitrogens is 2. The van der Waals surface area contributed by atoms with Crippen LogP contribution in [-0.2, 0) is 0 Å². The minimum absolute atomic E-state index is 0.0442. The topological polar surface area (TPSA) is 98.5 Å². The monoisotopic (exact) mass is 233 g/mol. The first kappa shape index (κ1) is 12.1. The molecule has 0 atom stereocenters. The molecule has 0 amide bonds. The van der Waals surface area contributed by atoms with Crippen molar-refractivity contribution < 1.29 is 15.3 Å². The van der Waals surface area contributed by atoms with Crippen LogP contribution in [0.3, 0.4) is 0 Å². The Hall–Kier alpha value is -0.950. The van der Waals surface area contributed by atoms with Gasteiger partial charge in [0.2, 0.25) is 5.28 Å². The third kappa shape index (κ3) is 3.00. The fourth-order valence-corrected chi connectivity index (χ4v) is 1.09. The van der Waals surface area contributed by atoms with Crippen LogP contribution in [0.25, 0.3) is 0 Å². The van der Waals surface area contributed by atoms with Gasteiger partial charge in [-0.25, -0.2) is 9.97 Å². The molecule has 1 rings (SSSR count). The number of hydrogen-bond donors (Lipinski definition) is 4. The summed E-state index contributed by atoms with van der Waals surface area (Å²) in [6, 6.07) is 1.52. The minimum atomic E-state index is -1.21. The number of aliphatic hydroxyl groups excluding tert-OH is 3. The third-order valence-electron chi connectivity index (χ3n) is 1.93.